The van der Waals surface area contributed by atoms with E-state index in [-0.39, 0.29) is 23.7 Å². The molecule has 3 fully saturated rings. The SMILES string of the molecule is CN(C)C[C@H]1[C@H]2CN(C(=O)Cc3ccc(F)cc3Cl)C[C@]23CC[C@H]1O3. The summed E-state index contributed by atoms with van der Waals surface area (Å²) in [5.74, 6) is 0.581. The average Bonchev–Trinajstić information content (AvgIpc) is 3.19. The van der Waals surface area contributed by atoms with E-state index in [2.05, 4.69) is 19.0 Å². The topological polar surface area (TPSA) is 32.8 Å². The molecule has 4 atom stereocenters. The van der Waals surface area contributed by atoms with Crippen molar-refractivity contribution in [2.24, 2.45) is 11.8 Å². The number of benzene rings is 1. The van der Waals surface area contributed by atoms with E-state index in [1.54, 1.807) is 6.07 Å². The van der Waals surface area contributed by atoms with Crippen LogP contribution in [0.3, 0.4) is 0 Å². The number of ether oxygens (including phenoxy) is 1. The molecule has 25 heavy (non-hydrogen) atoms. The minimum atomic E-state index is -0.382. The smallest absolute Gasteiger partial charge is 0.227 e. The highest BCUT2D eigenvalue weighted by molar-refractivity contribution is 6.31. The Morgan fingerprint density at radius 2 is 2.28 bits per heavy atom. The quantitative estimate of drug-likeness (QED) is 0.821. The lowest BCUT2D eigenvalue weighted by Crippen LogP contribution is -2.40. The molecule has 1 spiro atoms. The van der Waals surface area contributed by atoms with Crippen LogP contribution in [-0.4, -0.2) is 61.1 Å². The molecule has 6 heteroatoms. The van der Waals surface area contributed by atoms with E-state index in [1.165, 1.54) is 12.1 Å². The lowest BCUT2D eigenvalue weighted by Gasteiger charge is -2.30. The van der Waals surface area contributed by atoms with Gasteiger partial charge in [0.15, 0.2) is 0 Å². The first-order valence-corrected chi connectivity index (χ1v) is 9.30. The molecule has 3 aliphatic rings. The predicted molar refractivity (Wildman–Crippen MR) is 94.1 cm³/mol. The number of nitrogens with zero attached hydrogens (tertiary/aromatic N) is 2. The van der Waals surface area contributed by atoms with Gasteiger partial charge < -0.3 is 14.5 Å². The van der Waals surface area contributed by atoms with Gasteiger partial charge >= 0.3 is 0 Å². The van der Waals surface area contributed by atoms with Crippen LogP contribution in [0.15, 0.2) is 18.2 Å². The van der Waals surface area contributed by atoms with Crippen molar-refractivity contribution < 1.29 is 13.9 Å². The van der Waals surface area contributed by atoms with E-state index in [0.717, 1.165) is 25.9 Å². The maximum atomic E-state index is 13.2. The number of hydrogen-bond donors (Lipinski definition) is 0. The zero-order valence-corrected chi connectivity index (χ0v) is 15.4. The Labute approximate surface area is 152 Å². The molecule has 1 aromatic rings. The number of rotatable bonds is 4. The Morgan fingerprint density at radius 3 is 3.00 bits per heavy atom. The maximum Gasteiger partial charge on any atom is 0.227 e. The van der Waals surface area contributed by atoms with Gasteiger partial charge in [-0.05, 0) is 44.6 Å². The van der Waals surface area contributed by atoms with Gasteiger partial charge in [0, 0.05) is 29.9 Å². The van der Waals surface area contributed by atoms with E-state index in [4.69, 9.17) is 16.3 Å². The van der Waals surface area contributed by atoms with Crippen LogP contribution >= 0.6 is 11.6 Å². The lowest BCUT2D eigenvalue weighted by atomic mass is 9.73. The van der Waals surface area contributed by atoms with Crippen LogP contribution in [0.5, 0.6) is 0 Å². The van der Waals surface area contributed by atoms with Gasteiger partial charge in [-0.2, -0.15) is 0 Å². The molecule has 4 rings (SSSR count). The van der Waals surface area contributed by atoms with Gasteiger partial charge in [0.25, 0.3) is 0 Å². The fourth-order valence-electron chi connectivity index (χ4n) is 4.99. The second kappa shape index (κ2) is 6.22. The van der Waals surface area contributed by atoms with Crippen molar-refractivity contribution in [2.75, 3.05) is 33.7 Å². The second-order valence-electron chi connectivity index (χ2n) is 7.98. The molecule has 136 valence electrons. The minimum absolute atomic E-state index is 0.0490. The fourth-order valence-corrected chi connectivity index (χ4v) is 5.22. The van der Waals surface area contributed by atoms with E-state index in [0.29, 0.717) is 35.1 Å². The number of hydrogen-bond acceptors (Lipinski definition) is 3. The third-order valence-electron chi connectivity index (χ3n) is 6.07. The van der Waals surface area contributed by atoms with Crippen molar-refractivity contribution >= 4 is 17.5 Å². The zero-order valence-electron chi connectivity index (χ0n) is 14.7. The Morgan fingerprint density at radius 1 is 1.48 bits per heavy atom. The van der Waals surface area contributed by atoms with Crippen molar-refractivity contribution in [1.82, 2.24) is 9.80 Å². The number of amides is 1. The molecule has 0 saturated carbocycles. The summed E-state index contributed by atoms with van der Waals surface area (Å²) in [5.41, 5.74) is 0.533. The van der Waals surface area contributed by atoms with Crippen molar-refractivity contribution in [2.45, 2.75) is 31.0 Å². The molecule has 4 nitrogen and oxygen atoms in total. The Hall–Kier alpha value is -1.17. The highest BCUT2D eigenvalue weighted by Crippen LogP contribution is 2.54. The maximum absolute atomic E-state index is 13.2. The number of carbonyl (C=O) groups is 1. The lowest BCUT2D eigenvalue weighted by molar-refractivity contribution is -0.131. The van der Waals surface area contributed by atoms with Gasteiger partial charge in [0.05, 0.1) is 24.7 Å². The Kier molecular flexibility index (Phi) is 4.29. The van der Waals surface area contributed by atoms with Gasteiger partial charge in [-0.3, -0.25) is 4.79 Å². The highest BCUT2D eigenvalue weighted by atomic mass is 35.5. The molecule has 1 amide bonds. The van der Waals surface area contributed by atoms with Gasteiger partial charge in [-0.15, -0.1) is 0 Å². The van der Waals surface area contributed by atoms with Crippen molar-refractivity contribution in [1.29, 1.82) is 0 Å². The van der Waals surface area contributed by atoms with Gasteiger partial charge in [-0.25, -0.2) is 4.39 Å². The largest absolute Gasteiger partial charge is 0.369 e. The molecule has 3 saturated heterocycles. The van der Waals surface area contributed by atoms with Crippen molar-refractivity contribution in [3.8, 4) is 0 Å². The summed E-state index contributed by atoms with van der Waals surface area (Å²) in [4.78, 5) is 16.9. The first-order valence-electron chi connectivity index (χ1n) is 8.92. The monoisotopic (exact) mass is 366 g/mol. The van der Waals surface area contributed by atoms with Crippen LogP contribution in [0, 0.1) is 17.7 Å². The third kappa shape index (κ3) is 2.96. The van der Waals surface area contributed by atoms with Gasteiger partial charge in [-0.1, -0.05) is 17.7 Å². The number of fused-ring (bicyclic) bond motifs is 1. The third-order valence-corrected chi connectivity index (χ3v) is 6.42. The van der Waals surface area contributed by atoms with Crippen LogP contribution in [0.25, 0.3) is 0 Å². The van der Waals surface area contributed by atoms with E-state index in [9.17, 15) is 9.18 Å². The van der Waals surface area contributed by atoms with Crippen LogP contribution in [-0.2, 0) is 16.0 Å². The first-order chi connectivity index (χ1) is 11.9. The van der Waals surface area contributed by atoms with E-state index < -0.39 is 0 Å². The molecule has 2 bridgehead atoms. The Balaban J connectivity index is 1.47. The first kappa shape index (κ1) is 17.3. The molecule has 0 aromatic heterocycles. The number of carbonyl (C=O) groups excluding carboxylic acids is 1. The minimum Gasteiger partial charge on any atom is -0.369 e. The van der Waals surface area contributed by atoms with E-state index in [1.807, 2.05) is 4.90 Å². The molecular formula is C19H24ClFN2O2. The summed E-state index contributed by atoms with van der Waals surface area (Å²) in [5, 5.41) is 0.313. The summed E-state index contributed by atoms with van der Waals surface area (Å²) in [6, 6.07) is 4.21. The van der Waals surface area contributed by atoms with Crippen LogP contribution in [0.4, 0.5) is 4.39 Å². The standard InChI is InChI=1S/C19H24ClFN2O2/c1-22(2)9-14-15-10-23(11-19(15)6-5-17(14)25-19)18(24)7-12-3-4-13(21)8-16(12)20/h3-4,8,14-15,17H,5-7,9-11H2,1-2H3/t14-,15+,17+,19+/m0/s1. The van der Waals surface area contributed by atoms with Gasteiger partial charge in [0.1, 0.15) is 5.82 Å². The summed E-state index contributed by atoms with van der Waals surface area (Å²) in [7, 11) is 4.18. The normalized spacial score (nSPS) is 33.3. The molecule has 0 unspecified atom stereocenters. The number of halogens is 2. The molecule has 0 N–H and O–H groups in total. The molecule has 0 radical (unpaired) electrons. The predicted octanol–water partition coefficient (Wildman–Crippen LogP) is 2.59. The molecular weight excluding hydrogens is 343 g/mol. The molecule has 0 aliphatic carbocycles. The summed E-state index contributed by atoms with van der Waals surface area (Å²) >= 11 is 6.08. The van der Waals surface area contributed by atoms with Crippen LogP contribution in [0.2, 0.25) is 5.02 Å². The van der Waals surface area contributed by atoms with Crippen molar-refractivity contribution in [3.63, 3.8) is 0 Å². The second-order valence-corrected chi connectivity index (χ2v) is 8.39. The highest BCUT2D eigenvalue weighted by Gasteiger charge is 2.63. The van der Waals surface area contributed by atoms with Crippen LogP contribution < -0.4 is 0 Å². The van der Waals surface area contributed by atoms with Crippen molar-refractivity contribution in [3.05, 3.63) is 34.6 Å². The zero-order chi connectivity index (χ0) is 17.8. The Bertz CT molecular complexity index is 698. The summed E-state index contributed by atoms with van der Waals surface area (Å²) in [6.45, 7) is 2.44. The summed E-state index contributed by atoms with van der Waals surface area (Å²) in [6.07, 6.45) is 2.70. The average molecular weight is 367 g/mol. The molecule has 1 aromatic carbocycles. The summed E-state index contributed by atoms with van der Waals surface area (Å²) < 4.78 is 19.6. The molecule has 3 aliphatic heterocycles. The fraction of sp³-hybridized carbons (Fsp3) is 0.632. The van der Waals surface area contributed by atoms with Crippen LogP contribution in [0.1, 0.15) is 18.4 Å². The molecule has 3 heterocycles. The number of likely N-dealkylation sites (tertiary alicyclic amines) is 1. The van der Waals surface area contributed by atoms with Gasteiger partial charge in [0.2, 0.25) is 5.91 Å². The van der Waals surface area contributed by atoms with E-state index >= 15 is 0 Å².